The molecule has 2 aromatic rings. The fourth-order valence-electron chi connectivity index (χ4n) is 0.797. The molecular weight excluding hydrogens is 146 g/mol. The number of hydrogen-bond donors (Lipinski definition) is 0. The van der Waals surface area contributed by atoms with Crippen molar-refractivity contribution in [2.24, 2.45) is 0 Å². The van der Waals surface area contributed by atoms with Crippen LogP contribution in [-0.2, 0) is 0 Å². The third kappa shape index (κ3) is 0.769. The summed E-state index contributed by atoms with van der Waals surface area (Å²) in [4.78, 5) is 12.1. The van der Waals surface area contributed by atoms with Gasteiger partial charge >= 0.3 is 0 Å². The molecule has 50 valence electrons. The van der Waals surface area contributed by atoms with Gasteiger partial charge < -0.3 is 0 Å². The summed E-state index contributed by atoms with van der Waals surface area (Å²) in [6.45, 7) is 1.96. The predicted molar refractivity (Wildman–Crippen MR) is 39.9 cm³/mol. The second kappa shape index (κ2) is 1.98. The molecule has 0 amide bonds. The molecular formula is C6H5N3S. The number of rotatable bonds is 0. The van der Waals surface area contributed by atoms with Crippen LogP contribution in [0.2, 0.25) is 0 Å². The third-order valence-electron chi connectivity index (χ3n) is 1.18. The van der Waals surface area contributed by atoms with E-state index >= 15 is 0 Å². The van der Waals surface area contributed by atoms with Crippen LogP contribution in [0, 0.1) is 6.92 Å². The van der Waals surface area contributed by atoms with E-state index in [9.17, 15) is 0 Å². The average Bonchev–Trinajstić information content (AvgIpc) is 2.27. The van der Waals surface area contributed by atoms with Gasteiger partial charge in [0.1, 0.15) is 6.33 Å². The Kier molecular flexibility index (Phi) is 1.14. The molecule has 0 aliphatic carbocycles. The van der Waals surface area contributed by atoms with Crippen molar-refractivity contribution in [1.29, 1.82) is 0 Å². The summed E-state index contributed by atoms with van der Waals surface area (Å²) >= 11 is 1.62. The van der Waals surface area contributed by atoms with E-state index in [1.165, 1.54) is 6.33 Å². The fraction of sp³-hybridized carbons (Fsp3) is 0.167. The number of nitrogens with zero attached hydrogens (tertiary/aromatic N) is 3. The van der Waals surface area contributed by atoms with Gasteiger partial charge in [0.25, 0.3) is 0 Å². The summed E-state index contributed by atoms with van der Waals surface area (Å²) in [6, 6.07) is 0. The minimum Gasteiger partial charge on any atom is -0.243 e. The highest BCUT2D eigenvalue weighted by Gasteiger charge is 1.97. The number of aromatic nitrogens is 3. The number of hydrogen-bond acceptors (Lipinski definition) is 4. The fourth-order valence-corrected chi connectivity index (χ4v) is 1.55. The van der Waals surface area contributed by atoms with Gasteiger partial charge in [-0.25, -0.2) is 15.0 Å². The summed E-state index contributed by atoms with van der Waals surface area (Å²) in [5.41, 5.74) is 0.803. The van der Waals surface area contributed by atoms with Crippen LogP contribution in [-0.4, -0.2) is 15.0 Å². The smallest absolute Gasteiger partial charge is 0.173 e. The molecule has 0 aliphatic heterocycles. The van der Waals surface area contributed by atoms with Crippen LogP contribution in [0.1, 0.15) is 5.01 Å². The standard InChI is InChI=1S/C6H5N3S/c1-4-9-6-5(10-4)2-7-3-8-6/h2-3H,1H3. The maximum atomic E-state index is 4.18. The first kappa shape index (κ1) is 5.73. The van der Waals surface area contributed by atoms with Crippen molar-refractivity contribution in [3.8, 4) is 0 Å². The number of thiazole rings is 1. The number of aryl methyl sites for hydroxylation is 1. The molecule has 0 bridgehead atoms. The molecule has 4 heteroatoms. The lowest BCUT2D eigenvalue weighted by Crippen LogP contribution is -1.76. The van der Waals surface area contributed by atoms with Crippen molar-refractivity contribution in [2.45, 2.75) is 6.92 Å². The SMILES string of the molecule is Cc1nc2ncncc2s1. The van der Waals surface area contributed by atoms with Crippen LogP contribution in [0.4, 0.5) is 0 Å². The van der Waals surface area contributed by atoms with E-state index < -0.39 is 0 Å². The van der Waals surface area contributed by atoms with Crippen molar-refractivity contribution < 1.29 is 0 Å². The zero-order chi connectivity index (χ0) is 6.97. The highest BCUT2D eigenvalue weighted by molar-refractivity contribution is 7.18. The van der Waals surface area contributed by atoms with Gasteiger partial charge in [-0.05, 0) is 6.92 Å². The molecule has 0 aliphatic rings. The topological polar surface area (TPSA) is 38.7 Å². The van der Waals surface area contributed by atoms with Gasteiger partial charge in [0.15, 0.2) is 5.65 Å². The molecule has 0 spiro atoms. The lowest BCUT2D eigenvalue weighted by molar-refractivity contribution is 1.19. The second-order valence-corrected chi connectivity index (χ2v) is 3.18. The first-order valence-electron chi connectivity index (χ1n) is 2.89. The first-order chi connectivity index (χ1) is 4.86. The summed E-state index contributed by atoms with van der Waals surface area (Å²) < 4.78 is 1.06. The Morgan fingerprint density at radius 3 is 3.20 bits per heavy atom. The zero-order valence-electron chi connectivity index (χ0n) is 5.40. The van der Waals surface area contributed by atoms with Crippen LogP contribution in [0.3, 0.4) is 0 Å². The minimum absolute atomic E-state index is 0.803. The molecule has 0 atom stereocenters. The number of fused-ring (bicyclic) bond motifs is 1. The van der Waals surface area contributed by atoms with Gasteiger partial charge in [0.2, 0.25) is 0 Å². The Balaban J connectivity index is 2.88. The molecule has 0 saturated heterocycles. The predicted octanol–water partition coefficient (Wildman–Crippen LogP) is 1.39. The minimum atomic E-state index is 0.803. The van der Waals surface area contributed by atoms with E-state index in [4.69, 9.17) is 0 Å². The summed E-state index contributed by atoms with van der Waals surface area (Å²) in [7, 11) is 0. The van der Waals surface area contributed by atoms with Crippen LogP contribution >= 0.6 is 11.3 Å². The molecule has 10 heavy (non-hydrogen) atoms. The molecule has 0 unspecified atom stereocenters. The van der Waals surface area contributed by atoms with E-state index in [0.29, 0.717) is 0 Å². The molecule has 0 fully saturated rings. The van der Waals surface area contributed by atoms with Gasteiger partial charge in [-0.2, -0.15) is 0 Å². The first-order valence-corrected chi connectivity index (χ1v) is 3.71. The molecule has 0 saturated carbocycles. The van der Waals surface area contributed by atoms with Crippen molar-refractivity contribution >= 4 is 21.7 Å². The van der Waals surface area contributed by atoms with Crippen molar-refractivity contribution in [2.75, 3.05) is 0 Å². The summed E-state index contributed by atoms with van der Waals surface area (Å²) in [5.74, 6) is 0. The highest BCUT2D eigenvalue weighted by Crippen LogP contribution is 2.16. The van der Waals surface area contributed by atoms with Crippen LogP contribution < -0.4 is 0 Å². The largest absolute Gasteiger partial charge is 0.243 e. The van der Waals surface area contributed by atoms with Crippen molar-refractivity contribution in [3.63, 3.8) is 0 Å². The Bertz CT molecular complexity index is 322. The van der Waals surface area contributed by atoms with Crippen molar-refractivity contribution in [1.82, 2.24) is 15.0 Å². The quantitative estimate of drug-likeness (QED) is 0.571. The second-order valence-electron chi connectivity index (χ2n) is 1.94. The van der Waals surface area contributed by atoms with Gasteiger partial charge in [0, 0.05) is 6.20 Å². The molecule has 3 nitrogen and oxygen atoms in total. The third-order valence-corrected chi connectivity index (χ3v) is 2.07. The van der Waals surface area contributed by atoms with E-state index in [2.05, 4.69) is 15.0 Å². The molecule has 2 rings (SSSR count). The molecule has 0 radical (unpaired) electrons. The molecule has 0 N–H and O–H groups in total. The Morgan fingerprint density at radius 2 is 2.40 bits per heavy atom. The highest BCUT2D eigenvalue weighted by atomic mass is 32.1. The summed E-state index contributed by atoms with van der Waals surface area (Å²) in [6.07, 6.45) is 3.30. The van der Waals surface area contributed by atoms with Crippen molar-refractivity contribution in [3.05, 3.63) is 17.5 Å². The molecule has 2 aromatic heterocycles. The normalized spacial score (nSPS) is 10.5. The lowest BCUT2D eigenvalue weighted by Gasteiger charge is -1.79. The maximum absolute atomic E-state index is 4.18. The van der Waals surface area contributed by atoms with Gasteiger partial charge in [-0.3, -0.25) is 0 Å². The summed E-state index contributed by atoms with van der Waals surface area (Å²) in [5, 5.41) is 1.04. The molecule has 2 heterocycles. The van der Waals surface area contributed by atoms with E-state index in [1.807, 2.05) is 6.92 Å². The van der Waals surface area contributed by atoms with Crippen LogP contribution in [0.25, 0.3) is 10.3 Å². The van der Waals surface area contributed by atoms with E-state index in [-0.39, 0.29) is 0 Å². The Morgan fingerprint density at radius 1 is 1.50 bits per heavy atom. The zero-order valence-corrected chi connectivity index (χ0v) is 6.22. The van der Waals surface area contributed by atoms with Gasteiger partial charge in [0.05, 0.1) is 9.71 Å². The van der Waals surface area contributed by atoms with Crippen LogP contribution in [0.15, 0.2) is 12.5 Å². The lowest BCUT2D eigenvalue weighted by atomic mass is 10.6. The van der Waals surface area contributed by atoms with E-state index in [0.717, 1.165) is 15.4 Å². The Hall–Kier alpha value is -1.03. The monoisotopic (exact) mass is 151 g/mol. The molecule has 0 aromatic carbocycles. The van der Waals surface area contributed by atoms with Gasteiger partial charge in [-0.1, -0.05) is 0 Å². The van der Waals surface area contributed by atoms with Crippen LogP contribution in [0.5, 0.6) is 0 Å². The maximum Gasteiger partial charge on any atom is 0.173 e. The Labute approximate surface area is 61.8 Å². The van der Waals surface area contributed by atoms with E-state index in [1.54, 1.807) is 17.5 Å². The van der Waals surface area contributed by atoms with Gasteiger partial charge in [-0.15, -0.1) is 11.3 Å². The average molecular weight is 151 g/mol.